The maximum Gasteiger partial charge on any atom is 0.416 e. The van der Waals surface area contributed by atoms with Gasteiger partial charge in [0, 0.05) is 6.54 Å². The van der Waals surface area contributed by atoms with Crippen LogP contribution in [0.4, 0.5) is 13.2 Å². The topological polar surface area (TPSA) is 72.5 Å². The first kappa shape index (κ1) is 19.9. The third-order valence-electron chi connectivity index (χ3n) is 3.37. The van der Waals surface area contributed by atoms with Gasteiger partial charge in [-0.15, -0.1) is 0 Å². The van der Waals surface area contributed by atoms with E-state index in [4.69, 9.17) is 4.74 Å². The number of nitrogens with one attached hydrogen (secondary N) is 1. The zero-order valence-electron chi connectivity index (χ0n) is 13.7. The van der Waals surface area contributed by atoms with Gasteiger partial charge in [-0.05, 0) is 35.9 Å². The molecule has 0 saturated carbocycles. The minimum absolute atomic E-state index is 0.0240. The van der Waals surface area contributed by atoms with Crippen molar-refractivity contribution in [1.29, 1.82) is 0 Å². The first-order valence-corrected chi connectivity index (χ1v) is 9.05. The van der Waals surface area contributed by atoms with Crippen molar-refractivity contribution < 1.29 is 31.1 Å². The monoisotopic (exact) mass is 387 g/mol. The minimum atomic E-state index is -4.44. The van der Waals surface area contributed by atoms with Crippen LogP contribution in [0.1, 0.15) is 28.4 Å². The molecule has 0 fully saturated rings. The van der Waals surface area contributed by atoms with E-state index in [1.54, 1.807) is 6.92 Å². The van der Waals surface area contributed by atoms with Crippen LogP contribution in [0.5, 0.6) is 0 Å². The number of carbonyl (C=O) groups is 1. The highest BCUT2D eigenvalue weighted by Crippen LogP contribution is 2.29. The number of halogens is 3. The molecule has 0 aromatic heterocycles. The Bertz CT molecular complexity index is 878. The fraction of sp³-hybridized carbons (Fsp3) is 0.235. The zero-order chi connectivity index (χ0) is 19.4. The Morgan fingerprint density at radius 1 is 1.12 bits per heavy atom. The number of esters is 1. The van der Waals surface area contributed by atoms with Crippen LogP contribution >= 0.6 is 0 Å². The van der Waals surface area contributed by atoms with E-state index in [-0.39, 0.29) is 23.6 Å². The van der Waals surface area contributed by atoms with Gasteiger partial charge in [-0.3, -0.25) is 0 Å². The molecule has 0 amide bonds. The van der Waals surface area contributed by atoms with Crippen LogP contribution in [0.3, 0.4) is 0 Å². The molecule has 9 heteroatoms. The first-order chi connectivity index (χ1) is 12.1. The van der Waals surface area contributed by atoms with Crippen LogP contribution in [0.2, 0.25) is 0 Å². The number of alkyl halides is 3. The highest BCUT2D eigenvalue weighted by Gasteiger charge is 2.29. The summed E-state index contributed by atoms with van der Waals surface area (Å²) in [6.45, 7) is 1.59. The number of hydrogen-bond donors (Lipinski definition) is 1. The molecule has 140 valence electrons. The molecule has 5 nitrogen and oxygen atoms in total. The van der Waals surface area contributed by atoms with E-state index >= 15 is 0 Å². The molecular weight excluding hydrogens is 371 g/mol. The molecule has 0 spiro atoms. The molecule has 2 aromatic carbocycles. The van der Waals surface area contributed by atoms with Gasteiger partial charge in [0.05, 0.1) is 16.0 Å². The Morgan fingerprint density at radius 2 is 1.77 bits per heavy atom. The summed E-state index contributed by atoms with van der Waals surface area (Å²) in [6, 6.07) is 9.51. The van der Waals surface area contributed by atoms with Gasteiger partial charge in [0.25, 0.3) is 0 Å². The normalized spacial score (nSPS) is 12.0. The summed E-state index contributed by atoms with van der Waals surface area (Å²) in [5.41, 5.74) is -0.396. The number of benzene rings is 2. The Balaban J connectivity index is 2.07. The van der Waals surface area contributed by atoms with Gasteiger partial charge in [0.1, 0.15) is 6.61 Å². The molecule has 2 aromatic rings. The molecule has 0 aliphatic rings. The zero-order valence-corrected chi connectivity index (χ0v) is 14.5. The second-order valence-corrected chi connectivity index (χ2v) is 7.07. The quantitative estimate of drug-likeness (QED) is 0.772. The van der Waals surface area contributed by atoms with Gasteiger partial charge in [0.15, 0.2) is 0 Å². The number of rotatable bonds is 6. The Labute approximate surface area is 148 Å². The summed E-state index contributed by atoms with van der Waals surface area (Å²) >= 11 is 0. The molecule has 0 aliphatic carbocycles. The van der Waals surface area contributed by atoms with Crippen molar-refractivity contribution in [3.63, 3.8) is 0 Å². The molecule has 0 bridgehead atoms. The molecule has 0 saturated heterocycles. The molecule has 0 aliphatic heterocycles. The van der Waals surface area contributed by atoms with Gasteiger partial charge in [-0.25, -0.2) is 17.9 Å². The third-order valence-corrected chi connectivity index (χ3v) is 4.91. The van der Waals surface area contributed by atoms with Gasteiger partial charge < -0.3 is 4.74 Å². The van der Waals surface area contributed by atoms with Gasteiger partial charge in [-0.1, -0.05) is 25.1 Å². The van der Waals surface area contributed by atoms with E-state index in [9.17, 15) is 26.4 Å². The fourth-order valence-corrected chi connectivity index (χ4v) is 3.17. The van der Waals surface area contributed by atoms with E-state index in [0.29, 0.717) is 5.56 Å². The average molecular weight is 387 g/mol. The van der Waals surface area contributed by atoms with Crippen LogP contribution in [-0.4, -0.2) is 20.9 Å². The molecule has 0 unspecified atom stereocenters. The fourth-order valence-electron chi connectivity index (χ4n) is 2.09. The van der Waals surface area contributed by atoms with Crippen molar-refractivity contribution >= 4 is 16.0 Å². The largest absolute Gasteiger partial charge is 0.457 e. The number of hydrogen-bond acceptors (Lipinski definition) is 4. The van der Waals surface area contributed by atoms with Crippen molar-refractivity contribution in [1.82, 2.24) is 4.72 Å². The maximum absolute atomic E-state index is 12.5. The molecule has 2 rings (SSSR count). The summed E-state index contributed by atoms with van der Waals surface area (Å²) in [6.07, 6.45) is -4.44. The molecule has 0 radical (unpaired) electrons. The smallest absolute Gasteiger partial charge is 0.416 e. The maximum atomic E-state index is 12.5. The van der Waals surface area contributed by atoms with Crippen LogP contribution in [-0.2, 0) is 27.5 Å². The number of carbonyl (C=O) groups excluding carboxylic acids is 1. The van der Waals surface area contributed by atoms with Crippen LogP contribution < -0.4 is 4.72 Å². The lowest BCUT2D eigenvalue weighted by Crippen LogP contribution is -2.23. The summed E-state index contributed by atoms with van der Waals surface area (Å²) in [5.74, 6) is -0.779. The van der Waals surface area contributed by atoms with E-state index in [2.05, 4.69) is 4.72 Å². The predicted octanol–water partition coefficient (Wildman–Crippen LogP) is 3.36. The molecule has 0 heterocycles. The van der Waals surface area contributed by atoms with Crippen molar-refractivity contribution in [2.24, 2.45) is 0 Å². The second-order valence-electron chi connectivity index (χ2n) is 5.30. The van der Waals surface area contributed by atoms with Gasteiger partial charge in [-0.2, -0.15) is 13.2 Å². The Hall–Kier alpha value is -2.39. The van der Waals surface area contributed by atoms with Gasteiger partial charge >= 0.3 is 12.1 Å². The SMILES string of the molecule is CCNS(=O)(=O)c1cccc(C(=O)OCc2ccc(C(F)(F)F)cc2)c1. The Morgan fingerprint density at radius 3 is 2.35 bits per heavy atom. The number of sulfonamides is 1. The summed E-state index contributed by atoms with van der Waals surface area (Å²) < 4.78 is 68.7. The van der Waals surface area contributed by atoms with E-state index in [0.717, 1.165) is 12.1 Å². The van der Waals surface area contributed by atoms with Crippen molar-refractivity contribution in [3.8, 4) is 0 Å². The van der Waals surface area contributed by atoms with Gasteiger partial charge in [0.2, 0.25) is 10.0 Å². The van der Waals surface area contributed by atoms with Crippen molar-refractivity contribution in [3.05, 3.63) is 65.2 Å². The summed E-state index contributed by atoms with van der Waals surface area (Å²) in [7, 11) is -3.72. The van der Waals surface area contributed by atoms with E-state index in [1.165, 1.54) is 36.4 Å². The first-order valence-electron chi connectivity index (χ1n) is 7.56. The highest BCUT2D eigenvalue weighted by molar-refractivity contribution is 7.89. The summed E-state index contributed by atoms with van der Waals surface area (Å²) in [5, 5.41) is 0. The van der Waals surface area contributed by atoms with E-state index < -0.39 is 27.7 Å². The predicted molar refractivity (Wildman–Crippen MR) is 87.9 cm³/mol. The molecular formula is C17H16F3NO4S. The van der Waals surface area contributed by atoms with Crippen LogP contribution in [0, 0.1) is 0 Å². The highest BCUT2D eigenvalue weighted by atomic mass is 32.2. The lowest BCUT2D eigenvalue weighted by molar-refractivity contribution is -0.137. The Kier molecular flexibility index (Phi) is 6.04. The molecule has 1 N–H and O–H groups in total. The van der Waals surface area contributed by atoms with Crippen LogP contribution in [0.25, 0.3) is 0 Å². The summed E-state index contributed by atoms with van der Waals surface area (Å²) in [4.78, 5) is 12.0. The molecule has 26 heavy (non-hydrogen) atoms. The van der Waals surface area contributed by atoms with E-state index in [1.807, 2.05) is 0 Å². The average Bonchev–Trinajstić information content (AvgIpc) is 2.59. The second kappa shape index (κ2) is 7.88. The minimum Gasteiger partial charge on any atom is -0.457 e. The van der Waals surface area contributed by atoms with Crippen molar-refractivity contribution in [2.75, 3.05) is 6.54 Å². The lowest BCUT2D eigenvalue weighted by Gasteiger charge is -2.09. The van der Waals surface area contributed by atoms with Crippen molar-refractivity contribution in [2.45, 2.75) is 24.6 Å². The van der Waals surface area contributed by atoms with Crippen LogP contribution in [0.15, 0.2) is 53.4 Å². The standard InChI is InChI=1S/C17H16F3NO4S/c1-2-21-26(23,24)15-5-3-4-13(10-15)16(22)25-11-12-6-8-14(9-7-12)17(18,19)20/h3-10,21H,2,11H2,1H3. The lowest BCUT2D eigenvalue weighted by atomic mass is 10.1. The molecule has 0 atom stereocenters. The third kappa shape index (κ3) is 5.06. The number of ether oxygens (including phenoxy) is 1.